The smallest absolute Gasteiger partial charge is 0.199 e. The van der Waals surface area contributed by atoms with Crippen molar-refractivity contribution in [1.82, 2.24) is 0 Å². The molecule has 0 N–H and O–H groups in total. The Kier molecular flexibility index (Phi) is 4.72. The van der Waals surface area contributed by atoms with E-state index < -0.39 is 20.7 Å². The molecule has 0 amide bonds. The Bertz CT molecular complexity index is 537. The Labute approximate surface area is 113 Å². The number of benzene rings is 1. The Morgan fingerprint density at radius 3 is 2.06 bits per heavy atom. The van der Waals surface area contributed by atoms with Crippen LogP contribution in [0, 0.1) is 6.92 Å². The summed E-state index contributed by atoms with van der Waals surface area (Å²) in [5.74, 6) is 0.745. The maximum absolute atomic E-state index is 12.2. The van der Waals surface area contributed by atoms with Gasteiger partial charge in [0.15, 0.2) is 0 Å². The van der Waals surface area contributed by atoms with Gasteiger partial charge in [-0.1, -0.05) is 56.1 Å². The van der Waals surface area contributed by atoms with Crippen molar-refractivity contribution >= 4 is 20.7 Å². The number of hydrogen-bond acceptors (Lipinski definition) is 2. The summed E-state index contributed by atoms with van der Waals surface area (Å²) in [5.41, 5.74) is 1.04. The van der Waals surface area contributed by atoms with E-state index in [0.717, 1.165) is 11.3 Å². The third-order valence-electron chi connectivity index (χ3n) is 2.49. The van der Waals surface area contributed by atoms with Crippen LogP contribution in [0.2, 0.25) is 0 Å². The van der Waals surface area contributed by atoms with Gasteiger partial charge in [0, 0.05) is 10.5 Å². The quantitative estimate of drug-likeness (QED) is 0.856. The highest BCUT2D eigenvalue weighted by Crippen LogP contribution is 2.20. The van der Waals surface area contributed by atoms with E-state index in [1.54, 1.807) is 24.3 Å². The van der Waals surface area contributed by atoms with Crippen LogP contribution in [0.4, 0.5) is 0 Å². The van der Waals surface area contributed by atoms with E-state index in [2.05, 4.69) is 3.77 Å². The molecule has 102 valence electrons. The minimum Gasteiger partial charge on any atom is -0.199 e. The van der Waals surface area contributed by atoms with Gasteiger partial charge in [0.1, 0.15) is 0 Å². The monoisotopic (exact) mass is 287 g/mol. The van der Waals surface area contributed by atoms with Gasteiger partial charge in [0.2, 0.25) is 0 Å². The van der Waals surface area contributed by atoms with Crippen molar-refractivity contribution in [3.63, 3.8) is 0 Å². The third-order valence-corrected chi connectivity index (χ3v) is 6.82. The van der Waals surface area contributed by atoms with Gasteiger partial charge in [-0.25, -0.2) is 0 Å². The summed E-state index contributed by atoms with van der Waals surface area (Å²) in [6.45, 7) is 9.97. The van der Waals surface area contributed by atoms with Crippen molar-refractivity contribution in [3.8, 4) is 0 Å². The van der Waals surface area contributed by atoms with Crippen molar-refractivity contribution in [2.75, 3.05) is 5.75 Å². The topological polar surface area (TPSA) is 46.5 Å². The first kappa shape index (κ1) is 15.4. The number of hydrogen-bond donors (Lipinski definition) is 0. The Hall–Kier alpha value is -0.680. The summed E-state index contributed by atoms with van der Waals surface area (Å²) < 4.78 is 28.4. The van der Waals surface area contributed by atoms with E-state index in [9.17, 15) is 8.42 Å². The minimum absolute atomic E-state index is 0.119. The molecule has 0 aliphatic carbocycles. The Balaban J connectivity index is 3.23. The molecule has 3 nitrogen and oxygen atoms in total. The van der Waals surface area contributed by atoms with Gasteiger partial charge in [-0.3, -0.25) is 0 Å². The van der Waals surface area contributed by atoms with Crippen molar-refractivity contribution in [3.05, 3.63) is 29.8 Å². The molecule has 1 atom stereocenters. The first-order chi connectivity index (χ1) is 8.16. The third kappa shape index (κ3) is 3.92. The van der Waals surface area contributed by atoms with Crippen molar-refractivity contribution in [1.29, 1.82) is 0 Å². The van der Waals surface area contributed by atoms with E-state index in [1.807, 2.05) is 34.6 Å². The standard InChI is InChI=1S/C13H21NO2S2/c1-6-17(13(3,4)5)14-18(15,16)12-9-7-11(2)8-10-12/h7-10H,6H2,1-5H3. The second-order valence-electron chi connectivity index (χ2n) is 5.13. The molecular weight excluding hydrogens is 266 g/mol. The molecule has 0 saturated heterocycles. The number of rotatable bonds is 3. The van der Waals surface area contributed by atoms with Crippen LogP contribution in [-0.4, -0.2) is 18.9 Å². The first-order valence-corrected chi connectivity index (χ1v) is 8.71. The molecule has 0 radical (unpaired) electrons. The van der Waals surface area contributed by atoms with Gasteiger partial charge in [-0.15, -0.1) is 3.77 Å². The van der Waals surface area contributed by atoms with Crippen LogP contribution in [0.3, 0.4) is 0 Å². The molecule has 0 heterocycles. The second kappa shape index (κ2) is 5.53. The second-order valence-corrected chi connectivity index (χ2v) is 9.68. The molecule has 0 aromatic heterocycles. The molecule has 18 heavy (non-hydrogen) atoms. The normalized spacial score (nSPS) is 14.7. The summed E-state index contributed by atoms with van der Waals surface area (Å²) in [7, 11) is -4.02. The molecule has 1 rings (SSSR count). The lowest BCUT2D eigenvalue weighted by Crippen LogP contribution is -2.24. The molecule has 0 bridgehead atoms. The molecule has 5 heteroatoms. The van der Waals surface area contributed by atoms with Gasteiger partial charge in [-0.05, 0) is 19.1 Å². The Morgan fingerprint density at radius 2 is 1.67 bits per heavy atom. The van der Waals surface area contributed by atoms with Crippen LogP contribution in [-0.2, 0) is 20.7 Å². The fourth-order valence-corrected chi connectivity index (χ4v) is 5.42. The van der Waals surface area contributed by atoms with E-state index in [0.29, 0.717) is 0 Å². The summed E-state index contributed by atoms with van der Waals surface area (Å²) in [6, 6.07) is 6.83. The molecule has 0 fully saturated rings. The van der Waals surface area contributed by atoms with E-state index in [1.165, 1.54) is 0 Å². The average Bonchev–Trinajstić information content (AvgIpc) is 2.25. The van der Waals surface area contributed by atoms with Crippen LogP contribution in [0.5, 0.6) is 0 Å². The fraction of sp³-hybridized carbons (Fsp3) is 0.538. The van der Waals surface area contributed by atoms with E-state index >= 15 is 0 Å². The minimum atomic E-state index is -3.53. The highest BCUT2D eigenvalue weighted by atomic mass is 32.3. The lowest BCUT2D eigenvalue weighted by atomic mass is 10.2. The van der Waals surface area contributed by atoms with Crippen LogP contribution in [0.15, 0.2) is 32.9 Å². The van der Waals surface area contributed by atoms with Crippen LogP contribution >= 0.6 is 0 Å². The lowest BCUT2D eigenvalue weighted by molar-refractivity contribution is 0.598. The highest BCUT2D eigenvalue weighted by Gasteiger charge is 2.20. The zero-order valence-electron chi connectivity index (χ0n) is 11.6. The number of sulfonamides is 1. The van der Waals surface area contributed by atoms with Crippen LogP contribution in [0.1, 0.15) is 33.3 Å². The summed E-state index contributed by atoms with van der Waals surface area (Å²) in [6.07, 6.45) is 0. The predicted octanol–water partition coefficient (Wildman–Crippen LogP) is 3.30. The molecule has 0 aliphatic heterocycles. The largest absolute Gasteiger partial charge is 0.287 e. The van der Waals surface area contributed by atoms with Gasteiger partial charge < -0.3 is 0 Å². The molecule has 0 aliphatic rings. The van der Waals surface area contributed by atoms with Gasteiger partial charge in [-0.2, -0.15) is 8.42 Å². The van der Waals surface area contributed by atoms with Crippen LogP contribution < -0.4 is 0 Å². The number of nitrogens with zero attached hydrogens (tertiary/aromatic N) is 1. The van der Waals surface area contributed by atoms with Crippen molar-refractivity contribution in [2.45, 2.75) is 44.3 Å². The zero-order valence-corrected chi connectivity index (χ0v) is 13.2. The molecule has 0 saturated carbocycles. The summed E-state index contributed by atoms with van der Waals surface area (Å²) in [5, 5.41) is 0. The number of aryl methyl sites for hydroxylation is 1. The van der Waals surface area contributed by atoms with Gasteiger partial charge in [0.05, 0.1) is 4.90 Å². The Morgan fingerprint density at radius 1 is 1.17 bits per heavy atom. The molecule has 1 unspecified atom stereocenters. The van der Waals surface area contributed by atoms with Gasteiger partial charge >= 0.3 is 0 Å². The zero-order chi connectivity index (χ0) is 14.0. The molecule has 1 aromatic carbocycles. The molecule has 1 aromatic rings. The summed E-state index contributed by atoms with van der Waals surface area (Å²) in [4.78, 5) is 0.281. The van der Waals surface area contributed by atoms with Gasteiger partial charge in [0.25, 0.3) is 10.0 Å². The lowest BCUT2D eigenvalue weighted by Gasteiger charge is -2.21. The van der Waals surface area contributed by atoms with Crippen molar-refractivity contribution in [2.24, 2.45) is 3.77 Å². The molecular formula is C13H21NO2S2. The maximum Gasteiger partial charge on any atom is 0.287 e. The van der Waals surface area contributed by atoms with Crippen molar-refractivity contribution < 1.29 is 8.42 Å². The van der Waals surface area contributed by atoms with E-state index in [-0.39, 0.29) is 9.64 Å². The predicted molar refractivity (Wildman–Crippen MR) is 78.5 cm³/mol. The molecule has 0 spiro atoms. The summed E-state index contributed by atoms with van der Waals surface area (Å²) >= 11 is 0. The maximum atomic E-state index is 12.2. The fourth-order valence-electron chi connectivity index (χ4n) is 1.47. The van der Waals surface area contributed by atoms with E-state index in [4.69, 9.17) is 0 Å². The first-order valence-electron chi connectivity index (χ1n) is 5.92. The SMILES string of the molecule is CC/S(=N\S(=O)(=O)c1ccc(C)cc1)C(C)(C)C. The average molecular weight is 287 g/mol. The highest BCUT2D eigenvalue weighted by molar-refractivity contribution is 8.00. The van der Waals surface area contributed by atoms with Crippen LogP contribution in [0.25, 0.3) is 0 Å².